The first-order valence-electron chi connectivity index (χ1n) is 12.9. The van der Waals surface area contributed by atoms with Crippen molar-refractivity contribution in [3.63, 3.8) is 0 Å². The number of hydrogen-bond acceptors (Lipinski definition) is 6. The number of carbonyl (C=O) groups excluding carboxylic acids is 4. The van der Waals surface area contributed by atoms with Gasteiger partial charge < -0.3 is 26.0 Å². The van der Waals surface area contributed by atoms with E-state index in [0.29, 0.717) is 25.1 Å². The fourth-order valence-electron chi connectivity index (χ4n) is 3.38. The summed E-state index contributed by atoms with van der Waals surface area (Å²) in [5.41, 5.74) is 0.497. The number of benzene rings is 1. The minimum atomic E-state index is -0.781. The highest BCUT2D eigenvalue weighted by molar-refractivity contribution is 5.97. The van der Waals surface area contributed by atoms with Gasteiger partial charge in [-0.15, -0.1) is 0 Å². The zero-order chi connectivity index (χ0) is 28.4. The van der Waals surface area contributed by atoms with E-state index in [2.05, 4.69) is 21.3 Å². The fraction of sp³-hybridized carbons (Fsp3) is 0.643. The first kappa shape index (κ1) is 32.1. The molecule has 0 fully saturated rings. The van der Waals surface area contributed by atoms with Crippen molar-refractivity contribution < 1.29 is 23.9 Å². The van der Waals surface area contributed by atoms with Crippen LogP contribution in [0.25, 0.3) is 0 Å². The number of esters is 1. The molecule has 0 radical (unpaired) electrons. The first-order chi connectivity index (χ1) is 17.0. The van der Waals surface area contributed by atoms with Gasteiger partial charge in [-0.05, 0) is 78.0 Å². The van der Waals surface area contributed by atoms with Crippen LogP contribution < -0.4 is 21.3 Å². The highest BCUT2D eigenvalue weighted by atomic mass is 16.5. The molecule has 0 aliphatic heterocycles. The summed E-state index contributed by atoms with van der Waals surface area (Å²) >= 11 is 0. The lowest BCUT2D eigenvalue weighted by atomic mass is 9.97. The standard InChI is InChI=1S/C28H46N4O5/c1-18(2)23(32-28(7,8)9)25(35)31-22(11-10-16-29-19(3)33)24(34)30-21-14-12-20(13-15-21)17-37-26(36)27(4,5)6/h12-15,18,22-23,32H,10-11,16-17H2,1-9H3,(H,29,33)(H,30,34)(H,31,35). The van der Waals surface area contributed by atoms with E-state index in [9.17, 15) is 19.2 Å². The molecule has 0 heterocycles. The van der Waals surface area contributed by atoms with Crippen LogP contribution in [0.5, 0.6) is 0 Å². The van der Waals surface area contributed by atoms with Gasteiger partial charge >= 0.3 is 5.97 Å². The molecule has 9 nitrogen and oxygen atoms in total. The molecule has 0 aliphatic rings. The molecule has 9 heteroatoms. The molecule has 0 bridgehead atoms. The summed E-state index contributed by atoms with van der Waals surface area (Å²) in [4.78, 5) is 49.5. The van der Waals surface area contributed by atoms with Crippen molar-refractivity contribution in [2.45, 2.75) is 99.4 Å². The Morgan fingerprint density at radius 3 is 2.00 bits per heavy atom. The van der Waals surface area contributed by atoms with Gasteiger partial charge in [-0.2, -0.15) is 0 Å². The van der Waals surface area contributed by atoms with Crippen LogP contribution in [0.15, 0.2) is 24.3 Å². The van der Waals surface area contributed by atoms with Crippen molar-refractivity contribution >= 4 is 29.4 Å². The van der Waals surface area contributed by atoms with E-state index in [-0.39, 0.29) is 41.8 Å². The van der Waals surface area contributed by atoms with Gasteiger partial charge in [0.2, 0.25) is 17.7 Å². The topological polar surface area (TPSA) is 126 Å². The SMILES string of the molecule is CC(=O)NCCCC(NC(=O)C(NC(C)(C)C)C(C)C)C(=O)Nc1ccc(COC(=O)C(C)(C)C)cc1. The van der Waals surface area contributed by atoms with Crippen LogP contribution in [0.4, 0.5) is 5.69 Å². The lowest BCUT2D eigenvalue weighted by Gasteiger charge is -2.31. The quantitative estimate of drug-likeness (QED) is 0.248. The summed E-state index contributed by atoms with van der Waals surface area (Å²) in [6, 6.07) is 5.76. The minimum absolute atomic E-state index is 0.0160. The van der Waals surface area contributed by atoms with Gasteiger partial charge in [0.05, 0.1) is 11.5 Å². The molecule has 0 saturated heterocycles. The Kier molecular flexibility index (Phi) is 12.2. The van der Waals surface area contributed by atoms with Gasteiger partial charge in [-0.25, -0.2) is 0 Å². The van der Waals surface area contributed by atoms with Gasteiger partial charge in [-0.3, -0.25) is 19.2 Å². The molecular formula is C28H46N4O5. The Morgan fingerprint density at radius 2 is 1.51 bits per heavy atom. The normalized spacial score (nSPS) is 13.5. The number of ether oxygens (including phenoxy) is 1. The molecule has 0 aliphatic carbocycles. The molecule has 4 N–H and O–H groups in total. The van der Waals surface area contributed by atoms with E-state index in [1.165, 1.54) is 6.92 Å². The lowest BCUT2D eigenvalue weighted by molar-refractivity contribution is -0.154. The predicted octanol–water partition coefficient (Wildman–Crippen LogP) is 3.53. The van der Waals surface area contributed by atoms with E-state index in [1.54, 1.807) is 45.0 Å². The second-order valence-electron chi connectivity index (χ2n) is 11.8. The third-order valence-corrected chi connectivity index (χ3v) is 5.42. The maximum absolute atomic E-state index is 13.2. The number of anilines is 1. The first-order valence-corrected chi connectivity index (χ1v) is 12.9. The van der Waals surface area contributed by atoms with Gasteiger partial charge in [-0.1, -0.05) is 26.0 Å². The molecular weight excluding hydrogens is 472 g/mol. The van der Waals surface area contributed by atoms with Crippen molar-refractivity contribution in [2.75, 3.05) is 11.9 Å². The Hall–Kier alpha value is -2.94. The Labute approximate surface area is 221 Å². The number of nitrogens with one attached hydrogen (secondary N) is 4. The van der Waals surface area contributed by atoms with Crippen molar-refractivity contribution in [1.82, 2.24) is 16.0 Å². The molecule has 0 saturated carbocycles. The fourth-order valence-corrected chi connectivity index (χ4v) is 3.38. The molecule has 2 atom stereocenters. The van der Waals surface area contributed by atoms with Crippen LogP contribution in [-0.4, -0.2) is 47.9 Å². The summed E-state index contributed by atoms with van der Waals surface area (Å²) in [5, 5.41) is 11.8. The Morgan fingerprint density at radius 1 is 0.919 bits per heavy atom. The highest BCUT2D eigenvalue weighted by Crippen LogP contribution is 2.18. The number of amides is 3. The predicted molar refractivity (Wildman–Crippen MR) is 146 cm³/mol. The van der Waals surface area contributed by atoms with Crippen LogP contribution in [0, 0.1) is 11.3 Å². The molecule has 3 amide bonds. The van der Waals surface area contributed by atoms with Gasteiger partial charge in [0, 0.05) is 24.7 Å². The summed E-state index contributed by atoms with van der Waals surface area (Å²) in [7, 11) is 0. The summed E-state index contributed by atoms with van der Waals surface area (Å²) in [6.45, 7) is 17.2. The Balaban J connectivity index is 2.90. The van der Waals surface area contributed by atoms with Crippen LogP contribution >= 0.6 is 0 Å². The number of rotatable bonds is 12. The zero-order valence-electron chi connectivity index (χ0n) is 23.9. The van der Waals surface area contributed by atoms with Crippen LogP contribution in [0.3, 0.4) is 0 Å². The van der Waals surface area contributed by atoms with Crippen molar-refractivity contribution in [2.24, 2.45) is 11.3 Å². The number of hydrogen-bond donors (Lipinski definition) is 4. The van der Waals surface area contributed by atoms with Gasteiger partial charge in [0.15, 0.2) is 0 Å². The average molecular weight is 519 g/mol. The number of carbonyl (C=O) groups is 4. The summed E-state index contributed by atoms with van der Waals surface area (Å²) in [5.74, 6) is -1.01. The minimum Gasteiger partial charge on any atom is -0.460 e. The molecule has 1 aromatic carbocycles. The molecule has 208 valence electrons. The van der Waals surface area contributed by atoms with Crippen molar-refractivity contribution in [3.8, 4) is 0 Å². The Bertz CT molecular complexity index is 914. The van der Waals surface area contributed by atoms with E-state index >= 15 is 0 Å². The molecule has 0 spiro atoms. The second-order valence-corrected chi connectivity index (χ2v) is 11.8. The smallest absolute Gasteiger partial charge is 0.311 e. The van der Waals surface area contributed by atoms with E-state index in [4.69, 9.17) is 4.74 Å². The zero-order valence-corrected chi connectivity index (χ0v) is 23.9. The molecule has 1 aromatic rings. The van der Waals surface area contributed by atoms with E-state index in [0.717, 1.165) is 5.56 Å². The molecule has 2 unspecified atom stereocenters. The van der Waals surface area contributed by atoms with Crippen molar-refractivity contribution in [3.05, 3.63) is 29.8 Å². The largest absolute Gasteiger partial charge is 0.460 e. The maximum atomic E-state index is 13.2. The molecule has 0 aromatic heterocycles. The molecule has 37 heavy (non-hydrogen) atoms. The molecule has 1 rings (SSSR count). The summed E-state index contributed by atoms with van der Waals surface area (Å²) < 4.78 is 5.33. The van der Waals surface area contributed by atoms with Crippen molar-refractivity contribution in [1.29, 1.82) is 0 Å². The average Bonchev–Trinajstić information content (AvgIpc) is 2.77. The second kappa shape index (κ2) is 14.1. The van der Waals surface area contributed by atoms with Gasteiger partial charge in [0.1, 0.15) is 12.6 Å². The van der Waals surface area contributed by atoms with Crippen LogP contribution in [-0.2, 0) is 30.5 Å². The lowest BCUT2D eigenvalue weighted by Crippen LogP contribution is -2.57. The van der Waals surface area contributed by atoms with Gasteiger partial charge in [0.25, 0.3) is 0 Å². The van der Waals surface area contributed by atoms with E-state index in [1.807, 2.05) is 34.6 Å². The third kappa shape index (κ3) is 12.7. The maximum Gasteiger partial charge on any atom is 0.311 e. The third-order valence-electron chi connectivity index (χ3n) is 5.42. The highest BCUT2D eigenvalue weighted by Gasteiger charge is 2.30. The summed E-state index contributed by atoms with van der Waals surface area (Å²) in [6.07, 6.45) is 0.883. The van der Waals surface area contributed by atoms with E-state index < -0.39 is 17.5 Å². The van der Waals surface area contributed by atoms with Crippen LogP contribution in [0.2, 0.25) is 0 Å². The van der Waals surface area contributed by atoms with Crippen LogP contribution in [0.1, 0.15) is 80.7 Å². The monoisotopic (exact) mass is 518 g/mol.